The van der Waals surface area contributed by atoms with Crippen LogP contribution in [0, 0.1) is 0 Å². The van der Waals surface area contributed by atoms with E-state index in [-0.39, 0.29) is 11.8 Å². The van der Waals surface area contributed by atoms with Crippen LogP contribution in [0.15, 0.2) is 60.7 Å². The summed E-state index contributed by atoms with van der Waals surface area (Å²) in [5.74, 6) is -0.478. The van der Waals surface area contributed by atoms with E-state index >= 15 is 0 Å². The summed E-state index contributed by atoms with van der Waals surface area (Å²) in [6, 6.07) is 18.0. The van der Waals surface area contributed by atoms with Crippen LogP contribution in [0.5, 0.6) is 0 Å². The molecule has 0 aliphatic carbocycles. The van der Waals surface area contributed by atoms with E-state index in [0.29, 0.717) is 25.9 Å². The van der Waals surface area contributed by atoms with Gasteiger partial charge in [0.05, 0.1) is 12.1 Å². The molecule has 138 valence electrons. The lowest BCUT2D eigenvalue weighted by Crippen LogP contribution is -2.47. The molecule has 0 aliphatic rings. The van der Waals surface area contributed by atoms with Gasteiger partial charge in [0, 0.05) is 13.1 Å². The highest BCUT2D eigenvalue weighted by atomic mass is 16.2. The summed E-state index contributed by atoms with van der Waals surface area (Å²) in [5.41, 5.74) is 13.8. The Morgan fingerprint density at radius 1 is 0.692 bits per heavy atom. The van der Waals surface area contributed by atoms with Crippen LogP contribution < -0.4 is 22.1 Å². The fourth-order valence-electron chi connectivity index (χ4n) is 2.56. The topological polar surface area (TPSA) is 110 Å². The van der Waals surface area contributed by atoms with Gasteiger partial charge in [-0.1, -0.05) is 60.7 Å². The molecule has 2 rings (SSSR count). The van der Waals surface area contributed by atoms with Crippen molar-refractivity contribution in [2.45, 2.75) is 24.9 Å². The molecule has 6 N–H and O–H groups in total. The fourth-order valence-corrected chi connectivity index (χ4v) is 2.56. The highest BCUT2D eigenvalue weighted by molar-refractivity contribution is 5.83. The summed E-state index contributed by atoms with van der Waals surface area (Å²) in [6.07, 6.45) is 0.946. The number of rotatable bonds is 9. The third-order valence-electron chi connectivity index (χ3n) is 3.99. The first-order valence-corrected chi connectivity index (χ1v) is 8.70. The van der Waals surface area contributed by atoms with Gasteiger partial charge in [-0.2, -0.15) is 0 Å². The summed E-state index contributed by atoms with van der Waals surface area (Å²) < 4.78 is 0. The zero-order chi connectivity index (χ0) is 18.8. The lowest BCUT2D eigenvalue weighted by Gasteiger charge is -2.14. The zero-order valence-corrected chi connectivity index (χ0v) is 14.7. The Balaban J connectivity index is 1.64. The summed E-state index contributed by atoms with van der Waals surface area (Å²) >= 11 is 0. The summed E-state index contributed by atoms with van der Waals surface area (Å²) in [7, 11) is 0. The van der Waals surface area contributed by atoms with Crippen molar-refractivity contribution in [2.75, 3.05) is 13.1 Å². The molecule has 0 aromatic heterocycles. The van der Waals surface area contributed by atoms with Crippen molar-refractivity contribution in [3.8, 4) is 0 Å². The molecule has 0 saturated heterocycles. The monoisotopic (exact) mass is 354 g/mol. The molecule has 0 spiro atoms. The predicted molar refractivity (Wildman–Crippen MR) is 102 cm³/mol. The molecule has 2 aromatic rings. The Bertz CT molecular complexity index is 630. The molecule has 0 aliphatic heterocycles. The van der Waals surface area contributed by atoms with Crippen molar-refractivity contribution in [3.63, 3.8) is 0 Å². The van der Waals surface area contributed by atoms with Crippen LogP contribution in [0.4, 0.5) is 0 Å². The smallest absolute Gasteiger partial charge is 0.237 e. The van der Waals surface area contributed by atoms with Crippen molar-refractivity contribution < 1.29 is 9.59 Å². The standard InChI is InChI=1S/C20H26N4O2/c21-17(13-15-7-3-1-4-8-15)19(25)23-11-12-24-20(26)18(22)14-16-9-5-2-6-10-16/h1-10,17-18H,11-14,21-22H2,(H,23,25)(H,24,26)/t17-,18+. The van der Waals surface area contributed by atoms with E-state index < -0.39 is 12.1 Å². The molecule has 26 heavy (non-hydrogen) atoms. The molecule has 6 nitrogen and oxygen atoms in total. The summed E-state index contributed by atoms with van der Waals surface area (Å²) in [4.78, 5) is 24.0. The first-order chi connectivity index (χ1) is 12.6. The Morgan fingerprint density at radius 3 is 1.38 bits per heavy atom. The van der Waals surface area contributed by atoms with Crippen molar-refractivity contribution >= 4 is 11.8 Å². The molecular weight excluding hydrogens is 328 g/mol. The maximum Gasteiger partial charge on any atom is 0.237 e. The number of carbonyl (C=O) groups is 2. The molecule has 0 bridgehead atoms. The van der Waals surface area contributed by atoms with Crippen LogP contribution in [0.25, 0.3) is 0 Å². The Labute approximate surface area is 154 Å². The van der Waals surface area contributed by atoms with Gasteiger partial charge in [0.25, 0.3) is 0 Å². The average molecular weight is 354 g/mol. The minimum absolute atomic E-state index is 0.239. The van der Waals surface area contributed by atoms with Gasteiger partial charge in [-0.15, -0.1) is 0 Å². The highest BCUT2D eigenvalue weighted by Gasteiger charge is 2.15. The van der Waals surface area contributed by atoms with E-state index in [0.717, 1.165) is 11.1 Å². The lowest BCUT2D eigenvalue weighted by molar-refractivity contribution is -0.124. The van der Waals surface area contributed by atoms with Crippen LogP contribution in [0.2, 0.25) is 0 Å². The fraction of sp³-hybridized carbons (Fsp3) is 0.300. The van der Waals surface area contributed by atoms with Gasteiger partial charge in [-0.25, -0.2) is 0 Å². The van der Waals surface area contributed by atoms with Crippen molar-refractivity contribution in [3.05, 3.63) is 71.8 Å². The second-order valence-corrected chi connectivity index (χ2v) is 6.17. The van der Waals surface area contributed by atoms with E-state index in [9.17, 15) is 9.59 Å². The van der Waals surface area contributed by atoms with Crippen LogP contribution in [0.1, 0.15) is 11.1 Å². The molecule has 0 heterocycles. The number of hydrogen-bond acceptors (Lipinski definition) is 4. The van der Waals surface area contributed by atoms with Gasteiger partial charge in [0.2, 0.25) is 11.8 Å². The first-order valence-electron chi connectivity index (χ1n) is 8.70. The second-order valence-electron chi connectivity index (χ2n) is 6.17. The third kappa shape index (κ3) is 6.66. The van der Waals surface area contributed by atoms with E-state index in [1.54, 1.807) is 0 Å². The van der Waals surface area contributed by atoms with Crippen molar-refractivity contribution in [1.82, 2.24) is 10.6 Å². The summed E-state index contributed by atoms with van der Waals surface area (Å²) in [5, 5.41) is 5.45. The quantitative estimate of drug-likeness (QED) is 0.487. The van der Waals surface area contributed by atoms with E-state index in [4.69, 9.17) is 11.5 Å². The zero-order valence-electron chi connectivity index (χ0n) is 14.7. The van der Waals surface area contributed by atoms with Gasteiger partial charge in [-0.05, 0) is 24.0 Å². The highest BCUT2D eigenvalue weighted by Crippen LogP contribution is 2.02. The van der Waals surface area contributed by atoms with Crippen LogP contribution in [0.3, 0.4) is 0 Å². The Morgan fingerprint density at radius 2 is 1.04 bits per heavy atom. The number of benzene rings is 2. The largest absolute Gasteiger partial charge is 0.353 e. The summed E-state index contributed by atoms with van der Waals surface area (Å²) in [6.45, 7) is 0.621. The number of hydrogen-bond donors (Lipinski definition) is 4. The lowest BCUT2D eigenvalue weighted by atomic mass is 10.1. The van der Waals surface area contributed by atoms with Gasteiger partial charge in [-0.3, -0.25) is 9.59 Å². The molecular formula is C20H26N4O2. The molecule has 0 fully saturated rings. The minimum Gasteiger partial charge on any atom is -0.353 e. The molecule has 6 heteroatoms. The second kappa shape index (κ2) is 10.3. The minimum atomic E-state index is -0.617. The predicted octanol–water partition coefficient (Wildman–Crippen LogP) is 0.359. The number of carbonyl (C=O) groups excluding carboxylic acids is 2. The Kier molecular flexibility index (Phi) is 7.79. The molecule has 2 aromatic carbocycles. The van der Waals surface area contributed by atoms with Gasteiger partial charge < -0.3 is 22.1 Å². The molecule has 0 saturated carbocycles. The number of nitrogens with one attached hydrogen (secondary N) is 2. The van der Waals surface area contributed by atoms with E-state index in [2.05, 4.69) is 10.6 Å². The average Bonchev–Trinajstić information content (AvgIpc) is 2.66. The maximum absolute atomic E-state index is 12.0. The van der Waals surface area contributed by atoms with Crippen molar-refractivity contribution in [1.29, 1.82) is 0 Å². The SMILES string of the molecule is N[C@H](Cc1ccccc1)C(=O)NCCNC(=O)[C@@H](N)Cc1ccccc1. The number of nitrogens with two attached hydrogens (primary N) is 2. The molecule has 0 unspecified atom stereocenters. The van der Waals surface area contributed by atoms with Crippen molar-refractivity contribution in [2.24, 2.45) is 11.5 Å². The maximum atomic E-state index is 12.0. The first kappa shape index (κ1) is 19.6. The van der Waals surface area contributed by atoms with E-state index in [1.807, 2.05) is 60.7 Å². The van der Waals surface area contributed by atoms with Crippen LogP contribution >= 0.6 is 0 Å². The number of amides is 2. The third-order valence-corrected chi connectivity index (χ3v) is 3.99. The molecule has 0 radical (unpaired) electrons. The van der Waals surface area contributed by atoms with E-state index in [1.165, 1.54) is 0 Å². The normalized spacial score (nSPS) is 12.8. The van der Waals surface area contributed by atoms with Gasteiger partial charge >= 0.3 is 0 Å². The molecule has 2 atom stereocenters. The van der Waals surface area contributed by atoms with Crippen LogP contribution in [-0.2, 0) is 22.4 Å². The van der Waals surface area contributed by atoms with Gasteiger partial charge in [0.15, 0.2) is 0 Å². The van der Waals surface area contributed by atoms with Crippen LogP contribution in [-0.4, -0.2) is 37.0 Å². The Hall–Kier alpha value is -2.70. The van der Waals surface area contributed by atoms with Gasteiger partial charge in [0.1, 0.15) is 0 Å². The molecule has 2 amide bonds.